The number of benzene rings is 1. The lowest BCUT2D eigenvalue weighted by Gasteiger charge is -2.06. The zero-order chi connectivity index (χ0) is 14.7. The van der Waals surface area contributed by atoms with Gasteiger partial charge in [0.25, 0.3) is 0 Å². The highest BCUT2D eigenvalue weighted by atomic mass is 35.5. The van der Waals surface area contributed by atoms with Crippen LogP contribution in [0.15, 0.2) is 28.2 Å². The molecule has 0 saturated carbocycles. The predicted molar refractivity (Wildman–Crippen MR) is 80.6 cm³/mol. The number of nitrogens with zero attached hydrogens (tertiary/aromatic N) is 2. The first-order chi connectivity index (χ1) is 9.52. The van der Waals surface area contributed by atoms with E-state index in [0.29, 0.717) is 28.0 Å². The van der Waals surface area contributed by atoms with Gasteiger partial charge in [0.15, 0.2) is 5.16 Å². The second kappa shape index (κ2) is 6.15. The molecule has 0 atom stereocenters. The highest BCUT2D eigenvalue weighted by Crippen LogP contribution is 2.25. The number of hydrogen-bond acceptors (Lipinski definition) is 4. The summed E-state index contributed by atoms with van der Waals surface area (Å²) < 4.78 is 1.56. The summed E-state index contributed by atoms with van der Waals surface area (Å²) in [5, 5.41) is 14.9. The van der Waals surface area contributed by atoms with Crippen LogP contribution in [0, 0.1) is 5.41 Å². The molecule has 0 radical (unpaired) electrons. The summed E-state index contributed by atoms with van der Waals surface area (Å²) in [6, 6.07) is 5.24. The molecule has 0 bridgehead atoms. The minimum absolute atomic E-state index is 0.0155. The molecule has 8 heteroatoms. The molecule has 20 heavy (non-hydrogen) atoms. The van der Waals surface area contributed by atoms with Gasteiger partial charge in [-0.3, -0.25) is 9.98 Å². The van der Waals surface area contributed by atoms with E-state index in [0.717, 1.165) is 5.56 Å². The van der Waals surface area contributed by atoms with Crippen molar-refractivity contribution in [3.63, 3.8) is 0 Å². The van der Waals surface area contributed by atoms with Crippen molar-refractivity contribution in [3.05, 3.63) is 44.8 Å². The highest BCUT2D eigenvalue weighted by molar-refractivity contribution is 7.98. The number of aromatic nitrogens is 3. The lowest BCUT2D eigenvalue weighted by Crippen LogP contribution is -2.16. The molecule has 0 aliphatic rings. The Bertz CT molecular complexity index is 693. The van der Waals surface area contributed by atoms with Crippen LogP contribution >= 0.6 is 23.4 Å². The van der Waals surface area contributed by atoms with Gasteiger partial charge in [-0.2, -0.15) is 0 Å². The molecular weight excluding hydrogens is 298 g/mol. The van der Waals surface area contributed by atoms with Gasteiger partial charge in [-0.05, 0) is 18.6 Å². The first kappa shape index (κ1) is 14.7. The van der Waals surface area contributed by atoms with Gasteiger partial charge < -0.3 is 5.73 Å². The van der Waals surface area contributed by atoms with Crippen LogP contribution in [0.2, 0.25) is 5.02 Å². The van der Waals surface area contributed by atoms with Crippen molar-refractivity contribution in [2.45, 2.75) is 24.4 Å². The predicted octanol–water partition coefficient (Wildman–Crippen LogP) is 1.82. The van der Waals surface area contributed by atoms with Crippen molar-refractivity contribution in [3.8, 4) is 0 Å². The molecule has 2 aromatic rings. The van der Waals surface area contributed by atoms with Crippen LogP contribution in [0.1, 0.15) is 18.1 Å². The fourth-order valence-electron chi connectivity index (χ4n) is 1.67. The smallest absolute Gasteiger partial charge is 0.343 e. The largest absolute Gasteiger partial charge is 0.384 e. The number of amidine groups is 1. The van der Waals surface area contributed by atoms with Gasteiger partial charge >= 0.3 is 5.69 Å². The normalized spacial score (nSPS) is 10.7. The maximum Gasteiger partial charge on any atom is 0.343 e. The minimum atomic E-state index is -0.215. The Hall–Kier alpha value is -1.73. The third-order valence-corrected chi connectivity index (χ3v) is 4.14. The van der Waals surface area contributed by atoms with Crippen LogP contribution in [0.3, 0.4) is 0 Å². The summed E-state index contributed by atoms with van der Waals surface area (Å²) in [5.41, 5.74) is 6.69. The molecule has 0 saturated heterocycles. The summed E-state index contributed by atoms with van der Waals surface area (Å²) in [7, 11) is 0. The van der Waals surface area contributed by atoms with Crippen molar-refractivity contribution in [1.29, 1.82) is 5.41 Å². The molecule has 2 rings (SSSR count). The van der Waals surface area contributed by atoms with Gasteiger partial charge in [0, 0.05) is 22.9 Å². The van der Waals surface area contributed by atoms with Gasteiger partial charge in [-0.15, -0.1) is 5.10 Å². The Morgan fingerprint density at radius 2 is 2.35 bits per heavy atom. The van der Waals surface area contributed by atoms with Gasteiger partial charge in [0.05, 0.1) is 0 Å². The third kappa shape index (κ3) is 3.05. The molecule has 106 valence electrons. The topological polar surface area (TPSA) is 101 Å². The van der Waals surface area contributed by atoms with E-state index in [-0.39, 0.29) is 11.5 Å². The van der Waals surface area contributed by atoms with E-state index in [1.165, 1.54) is 11.8 Å². The molecule has 0 spiro atoms. The quantitative estimate of drug-likeness (QED) is 0.445. The van der Waals surface area contributed by atoms with E-state index >= 15 is 0 Å². The van der Waals surface area contributed by atoms with E-state index in [4.69, 9.17) is 22.7 Å². The van der Waals surface area contributed by atoms with Gasteiger partial charge in [-0.1, -0.05) is 35.5 Å². The Morgan fingerprint density at radius 1 is 1.60 bits per heavy atom. The van der Waals surface area contributed by atoms with Gasteiger partial charge in [0.1, 0.15) is 5.84 Å². The number of aromatic amines is 1. The molecular formula is C12H14ClN5OS. The standard InChI is InChI=1S/C12H14ClN5OS/c1-2-18-11(19)16-17-12(18)20-6-8-4-3-7(10(14)15)5-9(8)13/h3-5H,2,6H2,1H3,(H3,14,15)(H,16,19). The molecule has 0 amide bonds. The summed E-state index contributed by atoms with van der Waals surface area (Å²) in [6.45, 7) is 2.45. The molecule has 1 aromatic heterocycles. The number of halogens is 1. The summed E-state index contributed by atoms with van der Waals surface area (Å²) in [5.74, 6) is 0.569. The Labute approximate surface area is 124 Å². The van der Waals surface area contributed by atoms with E-state index in [2.05, 4.69) is 10.2 Å². The zero-order valence-electron chi connectivity index (χ0n) is 10.8. The number of rotatable bonds is 5. The van der Waals surface area contributed by atoms with Crippen LogP contribution in [0.4, 0.5) is 0 Å². The summed E-state index contributed by atoms with van der Waals surface area (Å²) in [4.78, 5) is 11.4. The van der Waals surface area contributed by atoms with Crippen molar-refractivity contribution in [1.82, 2.24) is 14.8 Å². The van der Waals surface area contributed by atoms with Crippen LogP contribution in [-0.4, -0.2) is 20.6 Å². The molecule has 0 aliphatic carbocycles. The molecule has 0 fully saturated rings. The SMILES string of the molecule is CCn1c(SCc2ccc(C(=N)N)cc2Cl)n[nH]c1=O. The van der Waals surface area contributed by atoms with Crippen molar-refractivity contribution in [2.24, 2.45) is 5.73 Å². The first-order valence-electron chi connectivity index (χ1n) is 5.93. The number of H-pyrrole nitrogens is 1. The Morgan fingerprint density at radius 3 is 2.95 bits per heavy atom. The second-order valence-corrected chi connectivity index (χ2v) is 5.41. The summed E-state index contributed by atoms with van der Waals surface area (Å²) in [6.07, 6.45) is 0. The van der Waals surface area contributed by atoms with E-state index in [9.17, 15) is 4.79 Å². The second-order valence-electron chi connectivity index (χ2n) is 4.06. The van der Waals surface area contributed by atoms with Crippen LogP contribution in [-0.2, 0) is 12.3 Å². The van der Waals surface area contributed by atoms with Crippen molar-refractivity contribution in [2.75, 3.05) is 0 Å². The maximum atomic E-state index is 11.4. The number of nitrogen functional groups attached to an aromatic ring is 1. The molecule has 1 aromatic carbocycles. The third-order valence-electron chi connectivity index (χ3n) is 2.76. The van der Waals surface area contributed by atoms with E-state index in [1.807, 2.05) is 13.0 Å². The number of nitrogens with two attached hydrogens (primary N) is 1. The molecule has 1 heterocycles. The van der Waals surface area contributed by atoms with Crippen molar-refractivity contribution >= 4 is 29.2 Å². The minimum Gasteiger partial charge on any atom is -0.384 e. The van der Waals surface area contributed by atoms with E-state index < -0.39 is 0 Å². The molecule has 4 N–H and O–H groups in total. The monoisotopic (exact) mass is 311 g/mol. The molecule has 0 unspecified atom stereocenters. The number of hydrogen-bond donors (Lipinski definition) is 3. The highest BCUT2D eigenvalue weighted by Gasteiger charge is 2.09. The van der Waals surface area contributed by atoms with Crippen LogP contribution < -0.4 is 11.4 Å². The average Bonchev–Trinajstić information content (AvgIpc) is 2.77. The first-order valence-corrected chi connectivity index (χ1v) is 7.30. The van der Waals surface area contributed by atoms with Gasteiger partial charge in [-0.25, -0.2) is 9.89 Å². The molecule has 6 nitrogen and oxygen atoms in total. The summed E-state index contributed by atoms with van der Waals surface area (Å²) >= 11 is 7.58. The van der Waals surface area contributed by atoms with E-state index in [1.54, 1.807) is 16.7 Å². The zero-order valence-corrected chi connectivity index (χ0v) is 12.4. The molecule has 0 aliphatic heterocycles. The number of thioether (sulfide) groups is 1. The van der Waals surface area contributed by atoms with Crippen LogP contribution in [0.25, 0.3) is 0 Å². The Kier molecular flexibility index (Phi) is 4.51. The average molecular weight is 312 g/mol. The lowest BCUT2D eigenvalue weighted by atomic mass is 10.1. The van der Waals surface area contributed by atoms with Crippen molar-refractivity contribution < 1.29 is 0 Å². The van der Waals surface area contributed by atoms with Gasteiger partial charge in [0.2, 0.25) is 0 Å². The Balaban J connectivity index is 2.15. The fourth-order valence-corrected chi connectivity index (χ4v) is 3.01. The van der Waals surface area contributed by atoms with Crippen LogP contribution in [0.5, 0.6) is 0 Å². The lowest BCUT2D eigenvalue weighted by molar-refractivity contribution is 0.660. The maximum absolute atomic E-state index is 11.4. The fraction of sp³-hybridized carbons (Fsp3) is 0.250. The number of nitrogens with one attached hydrogen (secondary N) is 2.